The number of hydrogen-bond donors (Lipinski definition) is 0. The van der Waals surface area contributed by atoms with E-state index in [4.69, 9.17) is 14.6 Å². The van der Waals surface area contributed by atoms with Crippen molar-refractivity contribution in [3.05, 3.63) is 143 Å². The summed E-state index contributed by atoms with van der Waals surface area (Å²) >= 11 is 0. The predicted molar refractivity (Wildman–Crippen MR) is 157 cm³/mol. The van der Waals surface area contributed by atoms with E-state index >= 15 is 0 Å². The zero-order valence-corrected chi connectivity index (χ0v) is 22.2. The molecule has 0 spiro atoms. The Morgan fingerprint density at radius 1 is 0.925 bits per heavy atom. The zero-order chi connectivity index (χ0) is 27.9. The van der Waals surface area contributed by atoms with Crippen LogP contribution >= 0.6 is 0 Å². The highest BCUT2D eigenvalue weighted by Gasteiger charge is 2.32. The van der Waals surface area contributed by atoms with Crippen molar-refractivity contribution < 1.29 is 18.7 Å². The Morgan fingerprint density at radius 2 is 1.68 bits per heavy atom. The Balaban J connectivity index is 1.56. The Kier molecular flexibility index (Phi) is 8.16. The van der Waals surface area contributed by atoms with Crippen molar-refractivity contribution in [3.63, 3.8) is 0 Å². The van der Waals surface area contributed by atoms with E-state index in [0.29, 0.717) is 47.1 Å². The molecule has 0 aliphatic carbocycles. The maximum Gasteiger partial charge on any atom is 0.281 e. The van der Waals surface area contributed by atoms with Gasteiger partial charge in [0, 0.05) is 11.1 Å². The second-order valence-electron chi connectivity index (χ2n) is 9.18. The van der Waals surface area contributed by atoms with Crippen LogP contribution < -0.4 is 14.5 Å². The largest absolute Gasteiger partial charge is 0.490 e. The monoisotopic (exact) mass is 532 g/mol. The van der Waals surface area contributed by atoms with Gasteiger partial charge in [-0.25, -0.2) is 4.39 Å². The van der Waals surface area contributed by atoms with Gasteiger partial charge in [0.2, 0.25) is 0 Å². The summed E-state index contributed by atoms with van der Waals surface area (Å²) in [5, 5.41) is 6.15. The molecular weight excluding hydrogens is 503 g/mol. The maximum absolute atomic E-state index is 13.7. The Hall–Kier alpha value is -4.97. The highest BCUT2D eigenvalue weighted by atomic mass is 19.1. The van der Waals surface area contributed by atoms with Crippen LogP contribution in [0, 0.1) is 5.82 Å². The molecule has 5 nitrogen and oxygen atoms in total. The third-order valence-electron chi connectivity index (χ3n) is 6.33. The molecule has 0 bridgehead atoms. The number of benzene rings is 4. The number of hydrazone groups is 1. The van der Waals surface area contributed by atoms with Crippen LogP contribution in [-0.2, 0) is 17.8 Å². The van der Waals surface area contributed by atoms with Crippen LogP contribution in [0.2, 0.25) is 0 Å². The van der Waals surface area contributed by atoms with Crippen molar-refractivity contribution in [1.82, 2.24) is 0 Å². The minimum absolute atomic E-state index is 0.178. The Labute approximate surface area is 233 Å². The molecule has 0 fully saturated rings. The molecule has 1 aliphatic rings. The van der Waals surface area contributed by atoms with E-state index in [1.54, 1.807) is 12.1 Å². The van der Waals surface area contributed by atoms with Crippen molar-refractivity contribution in [1.29, 1.82) is 0 Å². The van der Waals surface area contributed by atoms with Crippen LogP contribution in [0.1, 0.15) is 29.2 Å². The molecule has 4 aromatic rings. The zero-order valence-electron chi connectivity index (χ0n) is 22.2. The smallest absolute Gasteiger partial charge is 0.281 e. The number of allylic oxidation sites excluding steroid dienone is 1. The third kappa shape index (κ3) is 5.86. The van der Waals surface area contributed by atoms with Gasteiger partial charge < -0.3 is 9.47 Å². The third-order valence-corrected chi connectivity index (χ3v) is 6.33. The molecule has 1 amide bonds. The molecule has 0 radical (unpaired) electrons. The van der Waals surface area contributed by atoms with Crippen molar-refractivity contribution in [2.75, 3.05) is 11.6 Å². The highest BCUT2D eigenvalue weighted by Crippen LogP contribution is 2.36. The summed E-state index contributed by atoms with van der Waals surface area (Å²) in [6.07, 6.45) is 4.13. The number of carbonyl (C=O) groups is 1. The Morgan fingerprint density at radius 3 is 2.38 bits per heavy atom. The molecule has 200 valence electrons. The van der Waals surface area contributed by atoms with Gasteiger partial charge in [0.25, 0.3) is 5.91 Å². The molecule has 40 heavy (non-hydrogen) atoms. The molecule has 0 saturated carbocycles. The summed E-state index contributed by atoms with van der Waals surface area (Å²) < 4.78 is 25.9. The highest BCUT2D eigenvalue weighted by molar-refractivity contribution is 6.37. The average Bonchev–Trinajstić information content (AvgIpc) is 3.29. The number of halogens is 1. The van der Waals surface area contributed by atoms with E-state index < -0.39 is 0 Å². The number of carbonyl (C=O) groups excluding carboxylic acids is 1. The Bertz CT molecular complexity index is 1580. The molecule has 5 rings (SSSR count). The van der Waals surface area contributed by atoms with E-state index in [1.165, 1.54) is 17.1 Å². The fraction of sp³-hybridized carbons (Fsp3) is 0.118. The van der Waals surface area contributed by atoms with Gasteiger partial charge in [0.1, 0.15) is 18.1 Å². The average molecular weight is 533 g/mol. The summed E-state index contributed by atoms with van der Waals surface area (Å²) in [4.78, 5) is 13.7. The summed E-state index contributed by atoms with van der Waals surface area (Å²) in [7, 11) is 0. The van der Waals surface area contributed by atoms with Gasteiger partial charge in [-0.05, 0) is 66.9 Å². The maximum atomic E-state index is 13.7. The van der Waals surface area contributed by atoms with Gasteiger partial charge in [-0.15, -0.1) is 6.58 Å². The van der Waals surface area contributed by atoms with Gasteiger partial charge >= 0.3 is 0 Å². The first-order chi connectivity index (χ1) is 19.6. The summed E-state index contributed by atoms with van der Waals surface area (Å²) in [5.41, 5.74) is 4.90. The first kappa shape index (κ1) is 26.6. The molecule has 0 N–H and O–H groups in total. The molecule has 0 atom stereocenters. The van der Waals surface area contributed by atoms with E-state index in [2.05, 4.69) is 6.58 Å². The number of rotatable bonds is 10. The minimum atomic E-state index is -0.318. The minimum Gasteiger partial charge on any atom is -0.490 e. The number of anilines is 1. The first-order valence-corrected chi connectivity index (χ1v) is 13.1. The van der Waals surface area contributed by atoms with Crippen LogP contribution in [0.3, 0.4) is 0 Å². The first-order valence-electron chi connectivity index (χ1n) is 13.1. The van der Waals surface area contributed by atoms with Crippen molar-refractivity contribution in [3.8, 4) is 11.5 Å². The van der Waals surface area contributed by atoms with E-state index in [9.17, 15) is 9.18 Å². The van der Waals surface area contributed by atoms with Crippen LogP contribution in [0.25, 0.3) is 6.08 Å². The van der Waals surface area contributed by atoms with E-state index in [1.807, 2.05) is 91.9 Å². The number of para-hydroxylation sites is 1. The summed E-state index contributed by atoms with van der Waals surface area (Å²) in [5.74, 6) is 0.559. The number of nitrogens with zero attached hydrogens (tertiary/aromatic N) is 2. The van der Waals surface area contributed by atoms with Gasteiger partial charge in [0.15, 0.2) is 11.5 Å². The van der Waals surface area contributed by atoms with E-state index in [-0.39, 0.29) is 18.3 Å². The quantitative estimate of drug-likeness (QED) is 0.158. The topological polar surface area (TPSA) is 51.1 Å². The molecule has 4 aromatic carbocycles. The summed E-state index contributed by atoms with van der Waals surface area (Å²) in [6.45, 7) is 6.39. The van der Waals surface area contributed by atoms with Crippen LogP contribution in [0.5, 0.6) is 11.5 Å². The van der Waals surface area contributed by atoms with Crippen molar-refractivity contribution >= 4 is 23.4 Å². The lowest BCUT2D eigenvalue weighted by molar-refractivity contribution is -0.114. The lowest BCUT2D eigenvalue weighted by Crippen LogP contribution is -2.21. The van der Waals surface area contributed by atoms with Crippen molar-refractivity contribution in [2.24, 2.45) is 5.10 Å². The van der Waals surface area contributed by atoms with Crippen LogP contribution in [0.15, 0.2) is 120 Å². The van der Waals surface area contributed by atoms with Gasteiger partial charge in [-0.2, -0.15) is 10.1 Å². The molecule has 1 heterocycles. The van der Waals surface area contributed by atoms with Gasteiger partial charge in [-0.1, -0.05) is 66.7 Å². The number of ether oxygens (including phenoxy) is 2. The molecule has 1 aliphatic heterocycles. The predicted octanol–water partition coefficient (Wildman–Crippen LogP) is 7.37. The second kappa shape index (κ2) is 12.3. The van der Waals surface area contributed by atoms with Crippen LogP contribution in [0.4, 0.5) is 10.1 Å². The fourth-order valence-corrected chi connectivity index (χ4v) is 4.55. The normalized spacial score (nSPS) is 13.8. The standard InChI is InChI=1S/C34H29FN2O3/c1-3-12-27-19-25(22-31(39-4-2)33(27)40-23-24-13-11-16-28(35)20-24)21-30-32(26-14-7-5-8-15-26)36-37(34(30)38)29-17-9-6-10-18-29/h3,5-11,13-22H,1,4,12,23H2,2H3/b30-21-. The summed E-state index contributed by atoms with van der Waals surface area (Å²) in [6, 6.07) is 29.1. The second-order valence-corrected chi connectivity index (χ2v) is 9.18. The van der Waals surface area contributed by atoms with Crippen molar-refractivity contribution in [2.45, 2.75) is 20.0 Å². The molecule has 0 aromatic heterocycles. The van der Waals surface area contributed by atoms with Crippen LogP contribution in [-0.4, -0.2) is 18.2 Å². The molecular formula is C34H29FN2O3. The SMILES string of the molecule is C=CCc1cc(/C=C2\C(=O)N(c3ccccc3)N=C2c2ccccc2)cc(OCC)c1OCc1cccc(F)c1. The lowest BCUT2D eigenvalue weighted by atomic mass is 9.98. The fourth-order valence-electron chi connectivity index (χ4n) is 4.55. The molecule has 0 saturated heterocycles. The van der Waals surface area contributed by atoms with E-state index in [0.717, 1.165) is 16.7 Å². The molecule has 0 unspecified atom stereocenters. The number of amides is 1. The number of hydrogen-bond acceptors (Lipinski definition) is 4. The van der Waals surface area contributed by atoms with Gasteiger partial charge in [-0.3, -0.25) is 4.79 Å². The lowest BCUT2D eigenvalue weighted by Gasteiger charge is -2.17. The molecule has 6 heteroatoms. The van der Waals surface area contributed by atoms with Gasteiger partial charge in [0.05, 0.1) is 17.9 Å².